The minimum absolute atomic E-state index is 0.194. The lowest BCUT2D eigenvalue weighted by molar-refractivity contribution is 0.0860. The van der Waals surface area contributed by atoms with Crippen molar-refractivity contribution in [3.8, 4) is 10.6 Å². The van der Waals surface area contributed by atoms with Crippen molar-refractivity contribution < 1.29 is 5.11 Å². The molecule has 2 aromatic rings. The Balaban J connectivity index is 1.67. The molecule has 0 aliphatic heterocycles. The number of thiazole rings is 1. The number of hydrogen-bond donors (Lipinski definition) is 2. The van der Waals surface area contributed by atoms with Crippen LogP contribution in [-0.4, -0.2) is 22.2 Å². The summed E-state index contributed by atoms with van der Waals surface area (Å²) in [6.45, 7) is 4.22. The second kappa shape index (κ2) is 6.57. The van der Waals surface area contributed by atoms with Gasteiger partial charge in [0.25, 0.3) is 0 Å². The fraction of sp³-hybridized carbons (Fsp3) is 0.562. The van der Waals surface area contributed by atoms with Gasteiger partial charge < -0.3 is 10.4 Å². The third-order valence-electron chi connectivity index (χ3n) is 4.18. The van der Waals surface area contributed by atoms with E-state index >= 15 is 0 Å². The van der Waals surface area contributed by atoms with E-state index in [0.717, 1.165) is 30.0 Å². The predicted molar refractivity (Wildman–Crippen MR) is 90.0 cm³/mol. The normalized spacial score (nSPS) is 24.1. The Bertz CT molecular complexity index is 593. The average molecular weight is 322 g/mol. The van der Waals surface area contributed by atoms with E-state index < -0.39 is 0 Å². The highest BCUT2D eigenvalue weighted by atomic mass is 32.1. The number of nitrogens with one attached hydrogen (secondary N) is 1. The Morgan fingerprint density at radius 2 is 2.10 bits per heavy atom. The molecule has 114 valence electrons. The Labute approximate surface area is 134 Å². The first kappa shape index (κ1) is 15.2. The molecule has 5 heteroatoms. The second-order valence-corrected chi connectivity index (χ2v) is 7.82. The van der Waals surface area contributed by atoms with Crippen molar-refractivity contribution in [1.29, 1.82) is 0 Å². The van der Waals surface area contributed by atoms with Crippen molar-refractivity contribution in [2.75, 3.05) is 0 Å². The fourth-order valence-electron chi connectivity index (χ4n) is 2.91. The molecule has 21 heavy (non-hydrogen) atoms. The molecule has 3 atom stereocenters. The number of nitrogens with zero attached hydrogens (tertiary/aromatic N) is 1. The van der Waals surface area contributed by atoms with Crippen molar-refractivity contribution in [3.05, 3.63) is 27.4 Å². The maximum Gasteiger partial charge on any atom is 0.0914 e. The minimum Gasteiger partial charge on any atom is -0.392 e. The Morgan fingerprint density at radius 1 is 1.29 bits per heavy atom. The topological polar surface area (TPSA) is 45.2 Å². The molecule has 0 bridgehead atoms. The molecule has 0 radical (unpaired) electrons. The van der Waals surface area contributed by atoms with E-state index in [1.165, 1.54) is 16.9 Å². The number of hydrogen-bond acceptors (Lipinski definition) is 5. The van der Waals surface area contributed by atoms with E-state index in [1.807, 2.05) is 6.92 Å². The van der Waals surface area contributed by atoms with Crippen LogP contribution in [0.1, 0.15) is 49.2 Å². The summed E-state index contributed by atoms with van der Waals surface area (Å²) in [6.07, 6.45) is 4.18. The lowest BCUT2D eigenvalue weighted by Gasteiger charge is -2.31. The highest BCUT2D eigenvalue weighted by Crippen LogP contribution is 2.31. The summed E-state index contributed by atoms with van der Waals surface area (Å²) in [5, 5.41) is 19.1. The zero-order valence-corrected chi connectivity index (χ0v) is 14.1. The molecule has 1 aliphatic carbocycles. The number of aliphatic hydroxyl groups is 1. The van der Waals surface area contributed by atoms with Gasteiger partial charge in [0.1, 0.15) is 0 Å². The van der Waals surface area contributed by atoms with Crippen LogP contribution in [0.2, 0.25) is 0 Å². The van der Waals surface area contributed by atoms with Crippen LogP contribution in [-0.2, 0) is 0 Å². The minimum atomic E-state index is -0.194. The summed E-state index contributed by atoms with van der Waals surface area (Å²) >= 11 is 3.44. The number of thiophene rings is 1. The van der Waals surface area contributed by atoms with Crippen molar-refractivity contribution in [3.63, 3.8) is 0 Å². The molecule has 1 saturated carbocycles. The standard InChI is InChI=1S/C16H22N2OS2/c1-10(17-13-5-3-4-6-15(13)19)12-7-16(21-8-12)14-9-20-11(2)18-14/h7-10,13,15,17,19H,3-6H2,1-2H3/t10-,13+,15-/m0/s1. The summed E-state index contributed by atoms with van der Waals surface area (Å²) in [5.74, 6) is 0. The molecule has 2 N–H and O–H groups in total. The van der Waals surface area contributed by atoms with Gasteiger partial charge in [0.15, 0.2) is 0 Å². The number of aliphatic hydroxyl groups excluding tert-OH is 1. The molecule has 2 aromatic heterocycles. The first-order valence-corrected chi connectivity index (χ1v) is 9.34. The first-order valence-electron chi connectivity index (χ1n) is 7.58. The van der Waals surface area contributed by atoms with E-state index in [2.05, 4.69) is 34.1 Å². The van der Waals surface area contributed by atoms with Gasteiger partial charge in [-0.25, -0.2) is 4.98 Å². The van der Waals surface area contributed by atoms with E-state index in [9.17, 15) is 5.11 Å². The summed E-state index contributed by atoms with van der Waals surface area (Å²) in [5.41, 5.74) is 2.37. The summed E-state index contributed by atoms with van der Waals surface area (Å²) in [4.78, 5) is 5.78. The number of aromatic nitrogens is 1. The zero-order chi connectivity index (χ0) is 14.8. The largest absolute Gasteiger partial charge is 0.392 e. The maximum absolute atomic E-state index is 10.1. The molecule has 1 aliphatic rings. The summed E-state index contributed by atoms with van der Waals surface area (Å²) in [6, 6.07) is 2.73. The molecular formula is C16H22N2OS2. The predicted octanol–water partition coefficient (Wildman–Crippen LogP) is 4.13. The summed E-state index contributed by atoms with van der Waals surface area (Å²) in [7, 11) is 0. The van der Waals surface area contributed by atoms with Gasteiger partial charge in [0, 0.05) is 17.5 Å². The first-order chi connectivity index (χ1) is 10.1. The lowest BCUT2D eigenvalue weighted by Crippen LogP contribution is -2.43. The molecule has 0 unspecified atom stereocenters. The molecule has 2 heterocycles. The van der Waals surface area contributed by atoms with E-state index in [4.69, 9.17) is 0 Å². The Morgan fingerprint density at radius 3 is 2.81 bits per heavy atom. The molecule has 3 rings (SSSR count). The van der Waals surface area contributed by atoms with Crippen molar-refractivity contribution in [2.24, 2.45) is 0 Å². The van der Waals surface area contributed by atoms with Crippen LogP contribution in [0.3, 0.4) is 0 Å². The van der Waals surface area contributed by atoms with Crippen LogP contribution in [0, 0.1) is 6.92 Å². The van der Waals surface area contributed by atoms with Gasteiger partial charge in [0.05, 0.1) is 21.7 Å². The summed E-state index contributed by atoms with van der Waals surface area (Å²) < 4.78 is 0. The third-order valence-corrected chi connectivity index (χ3v) is 5.93. The van der Waals surface area contributed by atoms with Crippen molar-refractivity contribution >= 4 is 22.7 Å². The lowest BCUT2D eigenvalue weighted by atomic mass is 9.92. The Hall–Kier alpha value is -0.750. The van der Waals surface area contributed by atoms with Crippen LogP contribution >= 0.6 is 22.7 Å². The molecule has 0 amide bonds. The highest BCUT2D eigenvalue weighted by Gasteiger charge is 2.24. The van der Waals surface area contributed by atoms with Gasteiger partial charge in [-0.05, 0) is 43.7 Å². The van der Waals surface area contributed by atoms with Crippen LogP contribution in [0.4, 0.5) is 0 Å². The van der Waals surface area contributed by atoms with E-state index in [1.54, 1.807) is 22.7 Å². The average Bonchev–Trinajstić information content (AvgIpc) is 3.10. The van der Waals surface area contributed by atoms with Gasteiger partial charge in [-0.3, -0.25) is 0 Å². The monoisotopic (exact) mass is 322 g/mol. The molecule has 0 saturated heterocycles. The molecule has 3 nitrogen and oxygen atoms in total. The fourth-order valence-corrected chi connectivity index (χ4v) is 4.56. The van der Waals surface area contributed by atoms with E-state index in [0.29, 0.717) is 0 Å². The van der Waals surface area contributed by atoms with Crippen molar-refractivity contribution in [1.82, 2.24) is 10.3 Å². The van der Waals surface area contributed by atoms with Crippen LogP contribution < -0.4 is 5.32 Å². The number of aryl methyl sites for hydroxylation is 1. The van der Waals surface area contributed by atoms with Crippen molar-refractivity contribution in [2.45, 2.75) is 57.7 Å². The zero-order valence-electron chi connectivity index (χ0n) is 12.5. The van der Waals surface area contributed by atoms with Crippen LogP contribution in [0.15, 0.2) is 16.8 Å². The van der Waals surface area contributed by atoms with Gasteiger partial charge >= 0.3 is 0 Å². The molecule has 0 aromatic carbocycles. The van der Waals surface area contributed by atoms with E-state index in [-0.39, 0.29) is 18.2 Å². The third kappa shape index (κ3) is 3.54. The van der Waals surface area contributed by atoms with Crippen LogP contribution in [0.5, 0.6) is 0 Å². The van der Waals surface area contributed by atoms with Gasteiger partial charge in [-0.1, -0.05) is 12.8 Å². The molecule has 1 fully saturated rings. The molecular weight excluding hydrogens is 300 g/mol. The second-order valence-electron chi connectivity index (χ2n) is 5.84. The molecule has 0 spiro atoms. The van der Waals surface area contributed by atoms with Gasteiger partial charge in [0.2, 0.25) is 0 Å². The van der Waals surface area contributed by atoms with Crippen LogP contribution in [0.25, 0.3) is 10.6 Å². The number of rotatable bonds is 4. The quantitative estimate of drug-likeness (QED) is 0.889. The van der Waals surface area contributed by atoms with Gasteiger partial charge in [-0.15, -0.1) is 22.7 Å². The Kier molecular flexibility index (Phi) is 4.74. The highest BCUT2D eigenvalue weighted by molar-refractivity contribution is 7.14. The smallest absolute Gasteiger partial charge is 0.0914 e. The maximum atomic E-state index is 10.1. The SMILES string of the molecule is Cc1nc(-c2cc([C@H](C)N[C@@H]3CCCC[C@@H]3O)cs2)cs1. The van der Waals surface area contributed by atoms with Gasteiger partial charge in [-0.2, -0.15) is 0 Å².